The van der Waals surface area contributed by atoms with Crippen LogP contribution in [0.25, 0.3) is 0 Å². The molecule has 0 saturated carbocycles. The fourth-order valence-electron chi connectivity index (χ4n) is 6.42. The third-order valence-corrected chi connectivity index (χ3v) is 10.8. The molecule has 0 aromatic heterocycles. The van der Waals surface area contributed by atoms with Gasteiger partial charge in [-0.25, -0.2) is 13.1 Å². The Hall–Kier alpha value is -3.52. The Kier molecular flexibility index (Phi) is 13.4. The monoisotopic (exact) mass is 702 g/mol. The van der Waals surface area contributed by atoms with Crippen molar-refractivity contribution in [1.82, 2.24) is 24.7 Å². The summed E-state index contributed by atoms with van der Waals surface area (Å²) in [5.41, 5.74) is 8.01. The molecule has 2 fully saturated rings. The maximum atomic E-state index is 14.0. The Bertz CT molecular complexity index is 1550. The number of hydrogen-bond donors (Lipinski definition) is 3. The van der Waals surface area contributed by atoms with Gasteiger partial charge in [-0.2, -0.15) is 0 Å². The Morgan fingerprint density at radius 1 is 1.02 bits per heavy atom. The average Bonchev–Trinajstić information content (AvgIpc) is 3.56. The van der Waals surface area contributed by atoms with E-state index in [1.165, 1.54) is 4.90 Å². The predicted molar refractivity (Wildman–Crippen MR) is 184 cm³/mol. The molecule has 14 heteroatoms. The van der Waals surface area contributed by atoms with E-state index in [9.17, 15) is 27.6 Å². The molecule has 48 heavy (non-hydrogen) atoms. The summed E-state index contributed by atoms with van der Waals surface area (Å²) in [5, 5.41) is 3.40. The van der Waals surface area contributed by atoms with Crippen molar-refractivity contribution >= 4 is 45.3 Å². The SMILES string of the molecule is CC(=O)N1CCC(CN(C)C(=O)CC[C@@H](NS(=O)(=O)Cc2ccccc2)C(=O)N2CCC[C@H]2C(=O)NCc2cc(Cl)ccc2CN)CC1. The minimum atomic E-state index is -3.99. The summed E-state index contributed by atoms with van der Waals surface area (Å²) in [5.74, 6) is -1.16. The van der Waals surface area contributed by atoms with Gasteiger partial charge in [0.2, 0.25) is 33.7 Å². The van der Waals surface area contributed by atoms with Gasteiger partial charge < -0.3 is 25.8 Å². The molecule has 0 radical (unpaired) electrons. The number of likely N-dealkylation sites (tertiary alicyclic amines) is 2. The fraction of sp³-hybridized carbons (Fsp3) is 0.529. The van der Waals surface area contributed by atoms with Crippen molar-refractivity contribution in [2.45, 2.75) is 76.4 Å². The number of piperidine rings is 1. The van der Waals surface area contributed by atoms with E-state index < -0.39 is 28.0 Å². The summed E-state index contributed by atoms with van der Waals surface area (Å²) in [6.07, 6.45) is 2.45. The molecule has 0 aliphatic carbocycles. The average molecular weight is 703 g/mol. The lowest BCUT2D eigenvalue weighted by Crippen LogP contribution is -2.53. The second-order valence-electron chi connectivity index (χ2n) is 12.7. The minimum Gasteiger partial charge on any atom is -0.350 e. The highest BCUT2D eigenvalue weighted by Crippen LogP contribution is 2.23. The van der Waals surface area contributed by atoms with Gasteiger partial charge in [-0.3, -0.25) is 19.2 Å². The first kappa shape index (κ1) is 37.3. The standard InChI is InChI=1S/C34H47ClN6O6S/c1-24(42)40-17-14-25(15-18-40)22-39(2)32(43)13-12-30(38-48(46,47)23-26-7-4-3-5-8-26)34(45)41-16-6-9-31(41)33(44)37-21-28-19-29(35)11-10-27(28)20-36/h3-5,7-8,10-11,19,25,30-31,38H,6,9,12-18,20-23,36H2,1-2H3,(H,37,44)/t30-,31+/m1/s1. The highest BCUT2D eigenvalue weighted by Gasteiger charge is 2.38. The van der Waals surface area contributed by atoms with Crippen molar-refractivity contribution in [3.8, 4) is 0 Å². The summed E-state index contributed by atoms with van der Waals surface area (Å²) in [6, 6.07) is 11.9. The molecule has 4 amide bonds. The highest BCUT2D eigenvalue weighted by molar-refractivity contribution is 7.88. The molecule has 4 rings (SSSR count). The molecule has 2 aromatic carbocycles. The number of nitrogens with two attached hydrogens (primary N) is 1. The van der Waals surface area contributed by atoms with Gasteiger partial charge in [0.05, 0.1) is 5.75 Å². The number of hydrogen-bond acceptors (Lipinski definition) is 7. The molecule has 4 N–H and O–H groups in total. The first-order valence-corrected chi connectivity index (χ1v) is 18.5. The fourth-order valence-corrected chi connectivity index (χ4v) is 7.99. The Labute approximate surface area is 288 Å². The zero-order valence-corrected chi connectivity index (χ0v) is 29.3. The zero-order chi connectivity index (χ0) is 34.8. The van der Waals surface area contributed by atoms with Crippen molar-refractivity contribution < 1.29 is 27.6 Å². The van der Waals surface area contributed by atoms with Crippen molar-refractivity contribution in [3.63, 3.8) is 0 Å². The number of carbonyl (C=O) groups is 4. The molecule has 2 atom stereocenters. The van der Waals surface area contributed by atoms with Crippen molar-refractivity contribution in [3.05, 3.63) is 70.2 Å². The van der Waals surface area contributed by atoms with Crippen LogP contribution in [0, 0.1) is 5.92 Å². The molecule has 0 unspecified atom stereocenters. The van der Waals surface area contributed by atoms with E-state index in [4.69, 9.17) is 17.3 Å². The van der Waals surface area contributed by atoms with Crippen LogP contribution in [0.1, 0.15) is 62.1 Å². The lowest BCUT2D eigenvalue weighted by molar-refractivity contribution is -0.140. The number of halogens is 1. The van der Waals surface area contributed by atoms with Gasteiger partial charge in [0.25, 0.3) is 0 Å². The molecule has 2 aliphatic rings. The topological polar surface area (TPSA) is 162 Å². The van der Waals surface area contributed by atoms with Gasteiger partial charge in [-0.05, 0) is 66.8 Å². The Balaban J connectivity index is 1.43. The van der Waals surface area contributed by atoms with E-state index in [-0.39, 0.29) is 61.9 Å². The summed E-state index contributed by atoms with van der Waals surface area (Å²) < 4.78 is 29.2. The number of carbonyl (C=O) groups excluding carboxylic acids is 4. The van der Waals surface area contributed by atoms with Crippen LogP contribution >= 0.6 is 11.6 Å². The van der Waals surface area contributed by atoms with Crippen LogP contribution in [0.15, 0.2) is 48.5 Å². The van der Waals surface area contributed by atoms with Gasteiger partial charge in [-0.1, -0.05) is 48.0 Å². The summed E-state index contributed by atoms with van der Waals surface area (Å²) in [7, 11) is -2.29. The van der Waals surface area contributed by atoms with Gasteiger partial charge in [0.1, 0.15) is 12.1 Å². The lowest BCUT2D eigenvalue weighted by Gasteiger charge is -2.33. The summed E-state index contributed by atoms with van der Waals surface area (Å²) >= 11 is 6.15. The van der Waals surface area contributed by atoms with Gasteiger partial charge in [0.15, 0.2) is 0 Å². The number of nitrogens with zero attached hydrogens (tertiary/aromatic N) is 3. The summed E-state index contributed by atoms with van der Waals surface area (Å²) in [4.78, 5) is 57.2. The quantitative estimate of drug-likeness (QED) is 0.272. The molecule has 2 heterocycles. The number of amides is 4. The minimum absolute atomic E-state index is 0.0443. The van der Waals surface area contributed by atoms with Crippen LogP contribution in [-0.4, -0.2) is 92.1 Å². The Morgan fingerprint density at radius 2 is 1.73 bits per heavy atom. The summed E-state index contributed by atoms with van der Waals surface area (Å²) in [6.45, 7) is 4.10. The number of benzene rings is 2. The predicted octanol–water partition coefficient (Wildman–Crippen LogP) is 2.39. The largest absolute Gasteiger partial charge is 0.350 e. The lowest BCUT2D eigenvalue weighted by atomic mass is 9.96. The van der Waals surface area contributed by atoms with Crippen LogP contribution in [-0.2, 0) is 48.0 Å². The maximum absolute atomic E-state index is 14.0. The number of rotatable bonds is 14. The van der Waals surface area contributed by atoms with E-state index in [0.29, 0.717) is 43.1 Å². The second kappa shape index (κ2) is 17.2. The van der Waals surface area contributed by atoms with Gasteiger partial charge in [0, 0.05) is 64.7 Å². The zero-order valence-electron chi connectivity index (χ0n) is 27.7. The number of nitrogens with one attached hydrogen (secondary N) is 2. The molecule has 12 nitrogen and oxygen atoms in total. The number of sulfonamides is 1. The van der Waals surface area contributed by atoms with E-state index in [2.05, 4.69) is 10.0 Å². The maximum Gasteiger partial charge on any atom is 0.243 e. The van der Waals surface area contributed by atoms with Crippen LogP contribution in [0.3, 0.4) is 0 Å². The van der Waals surface area contributed by atoms with Gasteiger partial charge in [-0.15, -0.1) is 0 Å². The van der Waals surface area contributed by atoms with E-state index in [1.807, 2.05) is 0 Å². The molecule has 0 bridgehead atoms. The molecule has 2 aliphatic heterocycles. The molecule has 262 valence electrons. The van der Waals surface area contributed by atoms with Crippen molar-refractivity contribution in [2.24, 2.45) is 11.7 Å². The van der Waals surface area contributed by atoms with Crippen LogP contribution < -0.4 is 15.8 Å². The third-order valence-electron chi connectivity index (χ3n) is 9.16. The van der Waals surface area contributed by atoms with Crippen molar-refractivity contribution in [1.29, 1.82) is 0 Å². The van der Waals surface area contributed by atoms with Crippen LogP contribution in [0.4, 0.5) is 0 Å². The smallest absolute Gasteiger partial charge is 0.243 e. The normalized spacial score (nSPS) is 17.6. The first-order valence-electron chi connectivity index (χ1n) is 16.5. The van der Waals surface area contributed by atoms with Crippen molar-refractivity contribution in [2.75, 3.05) is 33.2 Å². The Morgan fingerprint density at radius 3 is 2.40 bits per heavy atom. The van der Waals surface area contributed by atoms with E-state index in [0.717, 1.165) is 24.0 Å². The molecule has 2 saturated heterocycles. The van der Waals surface area contributed by atoms with Gasteiger partial charge >= 0.3 is 0 Å². The molecule has 2 aromatic rings. The van der Waals surface area contributed by atoms with E-state index >= 15 is 0 Å². The molecular weight excluding hydrogens is 656 g/mol. The highest BCUT2D eigenvalue weighted by atomic mass is 35.5. The van der Waals surface area contributed by atoms with Crippen LogP contribution in [0.2, 0.25) is 5.02 Å². The first-order chi connectivity index (χ1) is 22.9. The molecule has 0 spiro atoms. The third kappa shape index (κ3) is 10.5. The van der Waals surface area contributed by atoms with Crippen LogP contribution in [0.5, 0.6) is 0 Å². The molecular formula is C34H47ClN6O6S. The van der Waals surface area contributed by atoms with E-state index in [1.54, 1.807) is 72.3 Å². The second-order valence-corrected chi connectivity index (χ2v) is 14.9.